The van der Waals surface area contributed by atoms with Gasteiger partial charge in [-0.05, 0) is 24.3 Å². The van der Waals surface area contributed by atoms with Gasteiger partial charge >= 0.3 is 10.2 Å². The molecule has 0 heterocycles. The third kappa shape index (κ3) is 4.52. The lowest BCUT2D eigenvalue weighted by atomic mass is 10.3. The van der Waals surface area contributed by atoms with Crippen LogP contribution in [0.1, 0.15) is 0 Å². The smallest absolute Gasteiger partial charge is 0.301 e. The van der Waals surface area contributed by atoms with E-state index in [2.05, 4.69) is 10.0 Å². The maximum Gasteiger partial charge on any atom is 0.301 e. The van der Waals surface area contributed by atoms with Crippen LogP contribution in [0.15, 0.2) is 24.3 Å². The summed E-state index contributed by atoms with van der Waals surface area (Å²) in [6.07, 6.45) is 0. The number of benzene rings is 1. The maximum atomic E-state index is 11.6. The molecule has 1 aromatic carbocycles. The van der Waals surface area contributed by atoms with Crippen molar-refractivity contribution in [1.29, 1.82) is 0 Å². The summed E-state index contributed by atoms with van der Waals surface area (Å²) < 4.78 is 31.7. The second kappa shape index (κ2) is 6.58. The Labute approximate surface area is 108 Å². The Morgan fingerprint density at radius 2 is 1.72 bits per heavy atom. The van der Waals surface area contributed by atoms with Crippen LogP contribution in [-0.4, -0.2) is 47.1 Å². The van der Waals surface area contributed by atoms with E-state index < -0.39 is 10.2 Å². The number of ether oxygens (including phenoxy) is 1. The van der Waals surface area contributed by atoms with Gasteiger partial charge < -0.3 is 10.1 Å². The molecule has 1 rings (SSSR count). The van der Waals surface area contributed by atoms with Gasteiger partial charge in [0, 0.05) is 39.1 Å². The van der Waals surface area contributed by atoms with Gasteiger partial charge in [0.1, 0.15) is 0 Å². The Kier molecular flexibility index (Phi) is 5.39. The molecule has 102 valence electrons. The highest BCUT2D eigenvalue weighted by atomic mass is 32.2. The zero-order valence-corrected chi connectivity index (χ0v) is 11.6. The molecule has 6 nitrogen and oxygen atoms in total. The van der Waals surface area contributed by atoms with Crippen LogP contribution in [-0.2, 0) is 14.9 Å². The first-order valence-electron chi connectivity index (χ1n) is 5.49. The molecule has 0 saturated heterocycles. The molecule has 0 aliphatic carbocycles. The summed E-state index contributed by atoms with van der Waals surface area (Å²) in [5.74, 6) is 0. The van der Waals surface area contributed by atoms with Crippen molar-refractivity contribution in [1.82, 2.24) is 4.31 Å². The van der Waals surface area contributed by atoms with Gasteiger partial charge in [0.05, 0.1) is 6.61 Å². The molecule has 0 aliphatic rings. The van der Waals surface area contributed by atoms with E-state index in [1.165, 1.54) is 14.1 Å². The van der Waals surface area contributed by atoms with Crippen molar-refractivity contribution in [2.24, 2.45) is 0 Å². The Morgan fingerprint density at radius 3 is 2.22 bits per heavy atom. The van der Waals surface area contributed by atoms with E-state index in [0.29, 0.717) is 18.8 Å². The number of hydrogen-bond donors (Lipinski definition) is 2. The van der Waals surface area contributed by atoms with Crippen molar-refractivity contribution < 1.29 is 13.2 Å². The van der Waals surface area contributed by atoms with Crippen LogP contribution >= 0.6 is 0 Å². The van der Waals surface area contributed by atoms with Gasteiger partial charge in [0.2, 0.25) is 0 Å². The van der Waals surface area contributed by atoms with Gasteiger partial charge in [-0.1, -0.05) is 0 Å². The standard InChI is InChI=1S/C11H19N3O3S/c1-14(2)18(15,16)13-11-6-4-10(5-7-11)12-8-9-17-3/h4-7,12-13H,8-9H2,1-3H3. The molecule has 0 unspecified atom stereocenters. The Morgan fingerprint density at radius 1 is 1.17 bits per heavy atom. The van der Waals surface area contributed by atoms with Crippen LogP contribution in [0.25, 0.3) is 0 Å². The van der Waals surface area contributed by atoms with Gasteiger partial charge in [-0.2, -0.15) is 12.7 Å². The first-order valence-corrected chi connectivity index (χ1v) is 6.93. The average molecular weight is 273 g/mol. The topological polar surface area (TPSA) is 70.7 Å². The van der Waals surface area contributed by atoms with Gasteiger partial charge in [0.25, 0.3) is 0 Å². The lowest BCUT2D eigenvalue weighted by Crippen LogP contribution is -2.28. The average Bonchev–Trinajstić information content (AvgIpc) is 2.31. The SMILES string of the molecule is COCCNc1ccc(NS(=O)(=O)N(C)C)cc1. The second-order valence-corrected chi connectivity index (χ2v) is 5.77. The molecule has 0 aliphatic heterocycles. The molecule has 0 spiro atoms. The summed E-state index contributed by atoms with van der Waals surface area (Å²) >= 11 is 0. The molecule has 1 aromatic rings. The molecular weight excluding hydrogens is 254 g/mol. The normalized spacial score (nSPS) is 11.6. The predicted molar refractivity (Wildman–Crippen MR) is 73.0 cm³/mol. The summed E-state index contributed by atoms with van der Waals surface area (Å²) in [5.41, 5.74) is 1.45. The number of methoxy groups -OCH3 is 1. The summed E-state index contributed by atoms with van der Waals surface area (Å²) in [5, 5.41) is 3.15. The lowest BCUT2D eigenvalue weighted by molar-refractivity contribution is 0.211. The Balaban J connectivity index is 2.61. The molecule has 0 amide bonds. The van der Waals surface area contributed by atoms with E-state index in [1.807, 2.05) is 12.1 Å². The monoisotopic (exact) mass is 273 g/mol. The van der Waals surface area contributed by atoms with E-state index in [-0.39, 0.29) is 0 Å². The van der Waals surface area contributed by atoms with Crippen molar-refractivity contribution in [3.05, 3.63) is 24.3 Å². The summed E-state index contributed by atoms with van der Waals surface area (Å²) in [6.45, 7) is 1.33. The molecule has 0 atom stereocenters. The minimum Gasteiger partial charge on any atom is -0.383 e. The molecule has 0 aromatic heterocycles. The molecule has 0 radical (unpaired) electrons. The molecule has 0 bridgehead atoms. The fraction of sp³-hybridized carbons (Fsp3) is 0.455. The van der Waals surface area contributed by atoms with Crippen LogP contribution < -0.4 is 10.0 Å². The number of hydrogen-bond acceptors (Lipinski definition) is 4. The molecule has 0 fully saturated rings. The van der Waals surface area contributed by atoms with Crippen molar-refractivity contribution in [3.63, 3.8) is 0 Å². The summed E-state index contributed by atoms with van der Waals surface area (Å²) in [6, 6.07) is 7.03. The van der Waals surface area contributed by atoms with E-state index >= 15 is 0 Å². The Bertz CT molecular complexity index is 457. The highest BCUT2D eigenvalue weighted by Gasteiger charge is 2.12. The van der Waals surface area contributed by atoms with Crippen molar-refractivity contribution in [2.45, 2.75) is 0 Å². The highest BCUT2D eigenvalue weighted by Crippen LogP contribution is 2.15. The van der Waals surface area contributed by atoms with E-state index in [0.717, 1.165) is 9.99 Å². The maximum absolute atomic E-state index is 11.6. The number of nitrogens with one attached hydrogen (secondary N) is 2. The molecular formula is C11H19N3O3S. The fourth-order valence-electron chi connectivity index (χ4n) is 1.19. The van der Waals surface area contributed by atoms with Crippen molar-refractivity contribution in [3.8, 4) is 0 Å². The fourth-order valence-corrected chi connectivity index (χ4v) is 1.81. The second-order valence-electron chi connectivity index (χ2n) is 3.89. The van der Waals surface area contributed by atoms with Crippen LogP contribution in [0.3, 0.4) is 0 Å². The number of rotatable bonds is 7. The van der Waals surface area contributed by atoms with Crippen LogP contribution in [0.5, 0.6) is 0 Å². The number of nitrogens with zero attached hydrogens (tertiary/aromatic N) is 1. The molecule has 7 heteroatoms. The quantitative estimate of drug-likeness (QED) is 0.726. The Hall–Kier alpha value is -1.31. The molecule has 2 N–H and O–H groups in total. The van der Waals surface area contributed by atoms with Gasteiger partial charge in [-0.3, -0.25) is 4.72 Å². The van der Waals surface area contributed by atoms with E-state index in [9.17, 15) is 8.42 Å². The zero-order valence-electron chi connectivity index (χ0n) is 10.8. The van der Waals surface area contributed by atoms with Crippen LogP contribution in [0, 0.1) is 0 Å². The van der Waals surface area contributed by atoms with E-state index in [4.69, 9.17) is 4.74 Å². The van der Waals surface area contributed by atoms with Crippen LogP contribution in [0.2, 0.25) is 0 Å². The van der Waals surface area contributed by atoms with Gasteiger partial charge in [0.15, 0.2) is 0 Å². The minimum atomic E-state index is -3.44. The van der Waals surface area contributed by atoms with Crippen LogP contribution in [0.4, 0.5) is 11.4 Å². The number of anilines is 2. The summed E-state index contributed by atoms with van der Waals surface area (Å²) in [4.78, 5) is 0. The minimum absolute atomic E-state index is 0.529. The first kappa shape index (κ1) is 14.7. The van der Waals surface area contributed by atoms with Gasteiger partial charge in [-0.15, -0.1) is 0 Å². The molecule has 18 heavy (non-hydrogen) atoms. The summed E-state index contributed by atoms with van der Waals surface area (Å²) in [7, 11) is 1.15. The highest BCUT2D eigenvalue weighted by molar-refractivity contribution is 7.90. The third-order valence-electron chi connectivity index (χ3n) is 2.25. The molecule has 0 saturated carbocycles. The third-order valence-corrected chi connectivity index (χ3v) is 3.70. The zero-order chi connectivity index (χ0) is 13.6. The van der Waals surface area contributed by atoms with Crippen molar-refractivity contribution >= 4 is 21.6 Å². The largest absolute Gasteiger partial charge is 0.383 e. The van der Waals surface area contributed by atoms with Gasteiger partial charge in [-0.25, -0.2) is 0 Å². The lowest BCUT2D eigenvalue weighted by Gasteiger charge is -2.13. The van der Waals surface area contributed by atoms with Crippen molar-refractivity contribution in [2.75, 3.05) is 44.4 Å². The van der Waals surface area contributed by atoms with E-state index in [1.54, 1.807) is 19.2 Å². The predicted octanol–water partition coefficient (Wildman–Crippen LogP) is 0.963. The first-order chi connectivity index (χ1) is 8.45.